The average Bonchev–Trinajstić information content (AvgIpc) is 2.52. The minimum Gasteiger partial charge on any atom is -0.493 e. The summed E-state index contributed by atoms with van der Waals surface area (Å²) in [7, 11) is 1.96. The fourth-order valence-electron chi connectivity index (χ4n) is 2.32. The molecule has 0 spiro atoms. The van der Waals surface area contributed by atoms with E-state index in [4.69, 9.17) is 4.74 Å². The highest BCUT2D eigenvalue weighted by Crippen LogP contribution is 2.31. The summed E-state index contributed by atoms with van der Waals surface area (Å²) in [6, 6.07) is 18.9. The molecule has 114 valence electrons. The summed E-state index contributed by atoms with van der Waals surface area (Å²) in [5, 5.41) is 3.14. The molecule has 0 bridgehead atoms. The van der Waals surface area contributed by atoms with Crippen molar-refractivity contribution >= 4 is 12.4 Å². The zero-order chi connectivity index (χ0) is 14.2. The van der Waals surface area contributed by atoms with E-state index in [1.54, 1.807) is 0 Å². The van der Waals surface area contributed by atoms with Gasteiger partial charge in [0.25, 0.3) is 0 Å². The van der Waals surface area contributed by atoms with Crippen LogP contribution in [0.15, 0.2) is 54.6 Å². The highest BCUT2D eigenvalue weighted by atomic mass is 35.5. The third-order valence-corrected chi connectivity index (χ3v) is 3.51. The molecule has 1 unspecified atom stereocenters. The molecule has 0 amide bonds. The van der Waals surface area contributed by atoms with Crippen LogP contribution in [-0.4, -0.2) is 20.2 Å². The maximum Gasteiger partial charge on any atom is 0.123 e. The van der Waals surface area contributed by atoms with Crippen molar-refractivity contribution in [2.24, 2.45) is 0 Å². The number of hydrogen-bond donors (Lipinski definition) is 1. The Morgan fingerprint density at radius 2 is 1.67 bits per heavy atom. The highest BCUT2D eigenvalue weighted by molar-refractivity contribution is 5.85. The van der Waals surface area contributed by atoms with Gasteiger partial charge in [0.1, 0.15) is 5.75 Å². The van der Waals surface area contributed by atoms with Crippen molar-refractivity contribution in [1.82, 2.24) is 5.32 Å². The van der Waals surface area contributed by atoms with Crippen LogP contribution in [0.5, 0.6) is 5.75 Å². The quantitative estimate of drug-likeness (QED) is 0.772. The van der Waals surface area contributed by atoms with Crippen LogP contribution in [0.1, 0.15) is 30.4 Å². The van der Waals surface area contributed by atoms with Gasteiger partial charge >= 0.3 is 0 Å². The Morgan fingerprint density at radius 3 is 2.38 bits per heavy atom. The highest BCUT2D eigenvalue weighted by Gasteiger charge is 2.12. The number of ether oxygens (including phenoxy) is 1. The lowest BCUT2D eigenvalue weighted by Gasteiger charge is -2.17. The number of rotatable bonds is 7. The molecule has 0 aliphatic carbocycles. The van der Waals surface area contributed by atoms with Crippen LogP contribution < -0.4 is 10.1 Å². The Balaban J connectivity index is 0.00000220. The van der Waals surface area contributed by atoms with E-state index in [2.05, 4.69) is 60.8 Å². The zero-order valence-corrected chi connectivity index (χ0v) is 13.5. The van der Waals surface area contributed by atoms with E-state index in [0.717, 1.165) is 25.3 Å². The van der Waals surface area contributed by atoms with Gasteiger partial charge in [0.2, 0.25) is 0 Å². The molecular formula is C18H24ClNO. The average molecular weight is 306 g/mol. The van der Waals surface area contributed by atoms with Gasteiger partial charge in [0, 0.05) is 11.5 Å². The molecule has 0 fully saturated rings. The van der Waals surface area contributed by atoms with Gasteiger partial charge in [-0.05, 0) is 31.6 Å². The van der Waals surface area contributed by atoms with Crippen molar-refractivity contribution in [3.05, 3.63) is 65.7 Å². The van der Waals surface area contributed by atoms with Gasteiger partial charge in [-0.3, -0.25) is 0 Å². The maximum absolute atomic E-state index is 5.94. The van der Waals surface area contributed by atoms with Crippen LogP contribution in [-0.2, 0) is 0 Å². The molecule has 1 atom stereocenters. The molecule has 0 radical (unpaired) electrons. The zero-order valence-electron chi connectivity index (χ0n) is 12.7. The molecule has 2 rings (SSSR count). The second-order valence-electron chi connectivity index (χ2n) is 4.98. The largest absolute Gasteiger partial charge is 0.493 e. The number of halogens is 1. The summed E-state index contributed by atoms with van der Waals surface area (Å²) >= 11 is 0. The lowest BCUT2D eigenvalue weighted by Crippen LogP contribution is -2.12. The van der Waals surface area contributed by atoms with Crippen LogP contribution in [0.3, 0.4) is 0 Å². The van der Waals surface area contributed by atoms with Crippen molar-refractivity contribution in [3.8, 4) is 5.75 Å². The number of para-hydroxylation sites is 1. The van der Waals surface area contributed by atoms with Gasteiger partial charge in [0.05, 0.1) is 6.61 Å². The molecule has 0 aromatic heterocycles. The molecule has 2 nitrogen and oxygen atoms in total. The van der Waals surface area contributed by atoms with Crippen LogP contribution in [0.2, 0.25) is 0 Å². The van der Waals surface area contributed by atoms with Gasteiger partial charge in [-0.1, -0.05) is 55.5 Å². The summed E-state index contributed by atoms with van der Waals surface area (Å²) in [5.74, 6) is 1.34. The molecule has 21 heavy (non-hydrogen) atoms. The molecule has 2 aromatic carbocycles. The molecule has 0 saturated heterocycles. The van der Waals surface area contributed by atoms with E-state index in [0.29, 0.717) is 5.92 Å². The van der Waals surface area contributed by atoms with Crippen LogP contribution in [0.25, 0.3) is 0 Å². The summed E-state index contributed by atoms with van der Waals surface area (Å²) in [5.41, 5.74) is 2.57. The smallest absolute Gasteiger partial charge is 0.123 e. The Hall–Kier alpha value is -1.51. The first-order valence-corrected chi connectivity index (χ1v) is 7.24. The van der Waals surface area contributed by atoms with Crippen molar-refractivity contribution < 1.29 is 4.74 Å². The molecule has 1 N–H and O–H groups in total. The molecule has 2 aromatic rings. The van der Waals surface area contributed by atoms with E-state index >= 15 is 0 Å². The van der Waals surface area contributed by atoms with Crippen LogP contribution >= 0.6 is 12.4 Å². The van der Waals surface area contributed by atoms with E-state index in [1.165, 1.54) is 11.1 Å². The summed E-state index contributed by atoms with van der Waals surface area (Å²) in [6.07, 6.45) is 1.02. The van der Waals surface area contributed by atoms with Crippen molar-refractivity contribution in [1.29, 1.82) is 0 Å². The second-order valence-corrected chi connectivity index (χ2v) is 4.98. The molecular weight excluding hydrogens is 282 g/mol. The van der Waals surface area contributed by atoms with E-state index in [1.807, 2.05) is 13.1 Å². The third kappa shape index (κ3) is 5.07. The van der Waals surface area contributed by atoms with Gasteiger partial charge < -0.3 is 10.1 Å². The lowest BCUT2D eigenvalue weighted by molar-refractivity contribution is 0.306. The molecule has 0 aliphatic heterocycles. The van der Waals surface area contributed by atoms with Gasteiger partial charge in [-0.2, -0.15) is 0 Å². The minimum atomic E-state index is 0. The Bertz CT molecular complexity index is 516. The summed E-state index contributed by atoms with van der Waals surface area (Å²) < 4.78 is 5.94. The Morgan fingerprint density at radius 1 is 1.00 bits per heavy atom. The first kappa shape index (κ1) is 17.5. The molecule has 0 saturated carbocycles. The second kappa shape index (κ2) is 9.43. The Labute approximate surface area is 133 Å². The topological polar surface area (TPSA) is 21.3 Å². The number of nitrogens with one attached hydrogen (secondary N) is 1. The lowest BCUT2D eigenvalue weighted by atomic mass is 9.92. The van der Waals surface area contributed by atoms with Gasteiger partial charge in [-0.15, -0.1) is 12.4 Å². The number of hydrogen-bond acceptors (Lipinski definition) is 2. The van der Waals surface area contributed by atoms with E-state index in [9.17, 15) is 0 Å². The fraction of sp³-hybridized carbons (Fsp3) is 0.333. The Kier molecular flexibility index (Phi) is 7.88. The van der Waals surface area contributed by atoms with E-state index in [-0.39, 0.29) is 12.4 Å². The SMILES string of the molecule is CNCCCOc1ccccc1C(C)c1ccccc1.Cl. The molecule has 0 aliphatic rings. The normalized spacial score (nSPS) is 11.5. The number of benzene rings is 2. The molecule has 3 heteroatoms. The standard InChI is InChI=1S/C18H23NO.ClH/c1-15(16-9-4-3-5-10-16)17-11-6-7-12-18(17)20-14-8-13-19-2;/h3-7,9-12,15,19H,8,13-14H2,1-2H3;1H. The van der Waals surface area contributed by atoms with Crippen molar-refractivity contribution in [2.45, 2.75) is 19.3 Å². The van der Waals surface area contributed by atoms with Crippen LogP contribution in [0, 0.1) is 0 Å². The first-order chi connectivity index (χ1) is 9.83. The predicted molar refractivity (Wildman–Crippen MR) is 91.7 cm³/mol. The van der Waals surface area contributed by atoms with Gasteiger partial charge in [0.15, 0.2) is 0 Å². The molecule has 0 heterocycles. The monoisotopic (exact) mass is 305 g/mol. The predicted octanol–water partition coefficient (Wildman–Crippen LogP) is 4.25. The van der Waals surface area contributed by atoms with Gasteiger partial charge in [-0.25, -0.2) is 0 Å². The van der Waals surface area contributed by atoms with Crippen LogP contribution in [0.4, 0.5) is 0 Å². The van der Waals surface area contributed by atoms with Crippen molar-refractivity contribution in [3.63, 3.8) is 0 Å². The van der Waals surface area contributed by atoms with E-state index < -0.39 is 0 Å². The minimum absolute atomic E-state index is 0. The van der Waals surface area contributed by atoms with Crippen molar-refractivity contribution in [2.75, 3.05) is 20.2 Å². The summed E-state index contributed by atoms with van der Waals surface area (Å²) in [6.45, 7) is 3.96. The first-order valence-electron chi connectivity index (χ1n) is 7.24. The summed E-state index contributed by atoms with van der Waals surface area (Å²) in [4.78, 5) is 0. The third-order valence-electron chi connectivity index (χ3n) is 3.51. The maximum atomic E-state index is 5.94. The fourth-order valence-corrected chi connectivity index (χ4v) is 2.32.